The second-order valence-electron chi connectivity index (χ2n) is 4.29. The van der Waals surface area contributed by atoms with Gasteiger partial charge >= 0.3 is 0 Å². The summed E-state index contributed by atoms with van der Waals surface area (Å²) < 4.78 is 18.2. The molecular weight excluding hydrogens is 261 g/mol. The number of amides is 1. The fourth-order valence-corrected chi connectivity index (χ4v) is 1.66. The number of hydrogen-bond donors (Lipinski definition) is 1. The summed E-state index contributed by atoms with van der Waals surface area (Å²) in [7, 11) is 1.48. The van der Waals surface area contributed by atoms with Crippen LogP contribution in [0.5, 0.6) is 5.88 Å². The van der Waals surface area contributed by atoms with E-state index in [-0.39, 0.29) is 11.8 Å². The first-order valence-corrected chi connectivity index (χ1v) is 5.97. The molecule has 104 valence electrons. The van der Waals surface area contributed by atoms with Gasteiger partial charge in [0, 0.05) is 17.3 Å². The van der Waals surface area contributed by atoms with E-state index in [0.29, 0.717) is 22.7 Å². The number of methoxy groups -OCH3 is 1. The average molecular weight is 275 g/mol. The number of carbonyl (C=O) groups is 1. The third-order valence-electron chi connectivity index (χ3n) is 2.69. The molecule has 6 heteroatoms. The Morgan fingerprint density at radius 1 is 1.25 bits per heavy atom. The van der Waals surface area contributed by atoms with Crippen molar-refractivity contribution in [2.24, 2.45) is 0 Å². The summed E-state index contributed by atoms with van der Waals surface area (Å²) in [5, 5.41) is 2.56. The maximum absolute atomic E-state index is 13.2. The zero-order valence-electron chi connectivity index (χ0n) is 11.4. The Balaban J connectivity index is 2.23. The molecule has 1 aromatic carbocycles. The minimum Gasteiger partial charge on any atom is -0.481 e. The number of aromatic nitrogens is 2. The monoisotopic (exact) mass is 275 g/mol. The second kappa shape index (κ2) is 5.64. The first-order valence-electron chi connectivity index (χ1n) is 5.97. The molecule has 0 fully saturated rings. The fourth-order valence-electron chi connectivity index (χ4n) is 1.66. The molecule has 0 unspecified atom stereocenters. The molecule has 0 saturated heterocycles. The summed E-state index contributed by atoms with van der Waals surface area (Å²) in [6.45, 7) is 3.36. The highest BCUT2D eigenvalue weighted by Gasteiger charge is 2.11. The highest BCUT2D eigenvalue weighted by molar-refractivity contribution is 6.03. The maximum Gasteiger partial charge on any atom is 0.258 e. The lowest BCUT2D eigenvalue weighted by Gasteiger charge is -2.07. The van der Waals surface area contributed by atoms with Crippen molar-refractivity contribution in [2.75, 3.05) is 12.4 Å². The van der Waals surface area contributed by atoms with Crippen molar-refractivity contribution in [1.29, 1.82) is 0 Å². The predicted molar refractivity (Wildman–Crippen MR) is 72.4 cm³/mol. The number of carbonyl (C=O) groups excluding carboxylic acids is 1. The standard InChI is InChI=1S/C14H14FN3O2/c1-8-6-10(4-5-11(8)15)13(19)18-14-16-9(2)7-12(17-14)20-3/h4-7H,1-3H3,(H,16,17,18,19). The molecule has 20 heavy (non-hydrogen) atoms. The van der Waals surface area contributed by atoms with Gasteiger partial charge in [-0.05, 0) is 37.6 Å². The highest BCUT2D eigenvalue weighted by atomic mass is 19.1. The Labute approximate surface area is 115 Å². The molecule has 0 bridgehead atoms. The Morgan fingerprint density at radius 2 is 2.00 bits per heavy atom. The van der Waals surface area contributed by atoms with Gasteiger partial charge in [-0.2, -0.15) is 4.98 Å². The van der Waals surface area contributed by atoms with Crippen molar-refractivity contribution in [3.63, 3.8) is 0 Å². The first-order chi connectivity index (χ1) is 9.49. The maximum atomic E-state index is 13.2. The zero-order valence-corrected chi connectivity index (χ0v) is 11.4. The second-order valence-corrected chi connectivity index (χ2v) is 4.29. The summed E-state index contributed by atoms with van der Waals surface area (Å²) in [6, 6.07) is 5.78. The van der Waals surface area contributed by atoms with E-state index in [1.54, 1.807) is 19.9 Å². The van der Waals surface area contributed by atoms with Crippen molar-refractivity contribution < 1.29 is 13.9 Å². The molecule has 2 rings (SSSR count). The van der Waals surface area contributed by atoms with Crippen LogP contribution in [0.1, 0.15) is 21.6 Å². The molecule has 1 amide bonds. The molecular formula is C14H14FN3O2. The smallest absolute Gasteiger partial charge is 0.258 e. The number of nitrogens with zero attached hydrogens (tertiary/aromatic N) is 2. The van der Waals surface area contributed by atoms with E-state index in [1.165, 1.54) is 25.3 Å². The van der Waals surface area contributed by atoms with Crippen molar-refractivity contribution in [1.82, 2.24) is 9.97 Å². The lowest BCUT2D eigenvalue weighted by molar-refractivity contribution is 0.102. The van der Waals surface area contributed by atoms with Crippen LogP contribution >= 0.6 is 0 Å². The number of nitrogens with one attached hydrogen (secondary N) is 1. The highest BCUT2D eigenvalue weighted by Crippen LogP contribution is 2.14. The van der Waals surface area contributed by atoms with E-state index in [0.717, 1.165) is 0 Å². The quantitative estimate of drug-likeness (QED) is 0.934. The topological polar surface area (TPSA) is 64.1 Å². The van der Waals surface area contributed by atoms with Crippen LogP contribution in [0, 0.1) is 19.7 Å². The van der Waals surface area contributed by atoms with E-state index in [4.69, 9.17) is 4.74 Å². The van der Waals surface area contributed by atoms with Gasteiger partial charge in [-0.25, -0.2) is 9.37 Å². The Bertz CT molecular complexity index is 659. The van der Waals surface area contributed by atoms with Gasteiger partial charge in [-0.15, -0.1) is 0 Å². The minimum atomic E-state index is -0.402. The third-order valence-corrected chi connectivity index (χ3v) is 2.69. The molecule has 1 heterocycles. The lowest BCUT2D eigenvalue weighted by Crippen LogP contribution is -2.15. The molecule has 1 aromatic heterocycles. The van der Waals surface area contributed by atoms with Gasteiger partial charge < -0.3 is 4.74 Å². The van der Waals surface area contributed by atoms with E-state index < -0.39 is 5.91 Å². The summed E-state index contributed by atoms with van der Waals surface area (Å²) in [4.78, 5) is 20.1. The summed E-state index contributed by atoms with van der Waals surface area (Å²) in [6.07, 6.45) is 0. The largest absolute Gasteiger partial charge is 0.481 e. The fraction of sp³-hybridized carbons (Fsp3) is 0.214. The Kier molecular flexibility index (Phi) is 3.93. The lowest BCUT2D eigenvalue weighted by atomic mass is 10.1. The molecule has 2 aromatic rings. The van der Waals surface area contributed by atoms with E-state index in [9.17, 15) is 9.18 Å². The third kappa shape index (κ3) is 3.09. The Hall–Kier alpha value is -2.50. The van der Waals surface area contributed by atoms with Gasteiger partial charge in [0.2, 0.25) is 11.8 Å². The SMILES string of the molecule is COc1cc(C)nc(NC(=O)c2ccc(F)c(C)c2)n1. The van der Waals surface area contributed by atoms with Crippen LogP contribution in [0.15, 0.2) is 24.3 Å². The molecule has 0 atom stereocenters. The molecule has 0 aliphatic heterocycles. The average Bonchev–Trinajstić information content (AvgIpc) is 2.41. The number of hydrogen-bond acceptors (Lipinski definition) is 4. The number of halogens is 1. The van der Waals surface area contributed by atoms with Crippen LogP contribution in [0.25, 0.3) is 0 Å². The van der Waals surface area contributed by atoms with Crippen LogP contribution in [-0.2, 0) is 0 Å². The van der Waals surface area contributed by atoms with Crippen LogP contribution in [-0.4, -0.2) is 23.0 Å². The molecule has 0 radical (unpaired) electrons. The Morgan fingerprint density at radius 3 is 2.65 bits per heavy atom. The van der Waals surface area contributed by atoms with Gasteiger partial charge in [-0.3, -0.25) is 10.1 Å². The summed E-state index contributed by atoms with van der Waals surface area (Å²) in [5.74, 6) is -0.243. The number of benzene rings is 1. The van der Waals surface area contributed by atoms with Gasteiger partial charge in [0.25, 0.3) is 5.91 Å². The number of aryl methyl sites for hydroxylation is 2. The number of ether oxygens (including phenoxy) is 1. The molecule has 0 spiro atoms. The minimum absolute atomic E-state index is 0.147. The van der Waals surface area contributed by atoms with Gasteiger partial charge in [-0.1, -0.05) is 0 Å². The normalized spacial score (nSPS) is 10.2. The molecule has 5 nitrogen and oxygen atoms in total. The molecule has 0 aliphatic rings. The number of rotatable bonds is 3. The van der Waals surface area contributed by atoms with Crippen LogP contribution in [0.3, 0.4) is 0 Å². The summed E-state index contributed by atoms with van der Waals surface area (Å²) in [5.41, 5.74) is 1.41. The molecule has 1 N–H and O–H groups in total. The predicted octanol–water partition coefficient (Wildman–Crippen LogP) is 2.49. The van der Waals surface area contributed by atoms with E-state index in [2.05, 4.69) is 15.3 Å². The van der Waals surface area contributed by atoms with Crippen molar-refractivity contribution in [2.45, 2.75) is 13.8 Å². The van der Waals surface area contributed by atoms with Gasteiger partial charge in [0.15, 0.2) is 0 Å². The van der Waals surface area contributed by atoms with Gasteiger partial charge in [0.1, 0.15) is 5.82 Å². The van der Waals surface area contributed by atoms with E-state index >= 15 is 0 Å². The number of anilines is 1. The van der Waals surface area contributed by atoms with Crippen molar-refractivity contribution >= 4 is 11.9 Å². The van der Waals surface area contributed by atoms with Crippen LogP contribution < -0.4 is 10.1 Å². The van der Waals surface area contributed by atoms with E-state index in [1.807, 2.05) is 0 Å². The summed E-state index contributed by atoms with van der Waals surface area (Å²) >= 11 is 0. The van der Waals surface area contributed by atoms with Crippen LogP contribution in [0.2, 0.25) is 0 Å². The van der Waals surface area contributed by atoms with Crippen molar-refractivity contribution in [3.05, 3.63) is 46.9 Å². The zero-order chi connectivity index (χ0) is 14.7. The van der Waals surface area contributed by atoms with Crippen LogP contribution in [0.4, 0.5) is 10.3 Å². The van der Waals surface area contributed by atoms with Crippen molar-refractivity contribution in [3.8, 4) is 5.88 Å². The van der Waals surface area contributed by atoms with Gasteiger partial charge in [0.05, 0.1) is 7.11 Å². The molecule has 0 saturated carbocycles. The first kappa shape index (κ1) is 13.9. The molecule has 0 aliphatic carbocycles.